The van der Waals surface area contributed by atoms with Crippen molar-refractivity contribution in [1.82, 2.24) is 15.5 Å². The van der Waals surface area contributed by atoms with E-state index in [1.165, 1.54) is 6.07 Å². The molecule has 0 fully saturated rings. The number of aliphatic imine (C=N–C) groups is 1. The molecule has 8 heteroatoms. The number of amides is 1. The van der Waals surface area contributed by atoms with E-state index in [1.807, 2.05) is 26.0 Å². The van der Waals surface area contributed by atoms with Gasteiger partial charge in [0.15, 0.2) is 5.96 Å². The van der Waals surface area contributed by atoms with Gasteiger partial charge in [-0.15, -0.1) is 0 Å². The second-order valence-corrected chi connectivity index (χ2v) is 6.65. The largest absolute Gasteiger partial charge is 0.416 e. The molecule has 5 nitrogen and oxygen atoms in total. The minimum Gasteiger partial charge on any atom is -0.352 e. The molecule has 1 amide bonds. The van der Waals surface area contributed by atoms with Gasteiger partial charge >= 0.3 is 6.18 Å². The van der Waals surface area contributed by atoms with Crippen molar-refractivity contribution in [2.24, 2.45) is 4.99 Å². The Balaban J connectivity index is 1.91. The number of carbonyl (C=O) groups excluding carboxylic acids is 1. The molecule has 0 saturated heterocycles. The number of guanidine groups is 1. The third kappa shape index (κ3) is 6.50. The van der Waals surface area contributed by atoms with Crippen molar-refractivity contribution in [1.29, 1.82) is 0 Å². The lowest BCUT2D eigenvalue weighted by Gasteiger charge is -2.18. The first-order valence-corrected chi connectivity index (χ1v) is 9.77. The number of carbonyl (C=O) groups is 1. The maximum atomic E-state index is 12.8. The zero-order valence-corrected chi connectivity index (χ0v) is 17.4. The van der Waals surface area contributed by atoms with Gasteiger partial charge in [0.25, 0.3) is 5.91 Å². The lowest BCUT2D eigenvalue weighted by molar-refractivity contribution is -0.137. The molecule has 0 atom stereocenters. The zero-order chi connectivity index (χ0) is 22.1. The fraction of sp³-hybridized carbons (Fsp3) is 0.364. The lowest BCUT2D eigenvalue weighted by Crippen LogP contribution is -2.36. The Morgan fingerprint density at radius 1 is 0.967 bits per heavy atom. The minimum absolute atomic E-state index is 0.00178. The summed E-state index contributed by atoms with van der Waals surface area (Å²) in [4.78, 5) is 18.2. The molecular formula is C22H27F3N4O. The van der Waals surface area contributed by atoms with Crippen LogP contribution >= 0.6 is 0 Å². The normalized spacial score (nSPS) is 11.9. The number of nitrogens with zero attached hydrogens (tertiary/aromatic N) is 2. The van der Waals surface area contributed by atoms with E-state index in [-0.39, 0.29) is 12.5 Å². The number of benzene rings is 2. The van der Waals surface area contributed by atoms with Crippen LogP contribution in [0, 0.1) is 0 Å². The summed E-state index contributed by atoms with van der Waals surface area (Å²) in [5.41, 5.74) is 1.42. The van der Waals surface area contributed by atoms with Gasteiger partial charge in [0, 0.05) is 38.8 Å². The molecule has 30 heavy (non-hydrogen) atoms. The van der Waals surface area contributed by atoms with Crippen LogP contribution in [0.25, 0.3) is 0 Å². The van der Waals surface area contributed by atoms with Crippen molar-refractivity contribution >= 4 is 11.9 Å². The SMILES string of the molecule is CCN(CC)C(=O)c1ccc(CNC(=NC)NCc2cccc(C(F)(F)F)c2)cc1. The van der Waals surface area contributed by atoms with E-state index in [9.17, 15) is 18.0 Å². The van der Waals surface area contributed by atoms with E-state index in [0.717, 1.165) is 17.7 Å². The Labute approximate surface area is 175 Å². The molecule has 162 valence electrons. The van der Waals surface area contributed by atoms with Crippen LogP contribution < -0.4 is 10.6 Å². The van der Waals surface area contributed by atoms with Crippen molar-refractivity contribution in [3.05, 3.63) is 70.8 Å². The number of hydrogen-bond acceptors (Lipinski definition) is 2. The Morgan fingerprint density at radius 2 is 1.57 bits per heavy atom. The molecule has 0 aliphatic heterocycles. The van der Waals surface area contributed by atoms with E-state index < -0.39 is 11.7 Å². The number of nitrogens with one attached hydrogen (secondary N) is 2. The third-order valence-electron chi connectivity index (χ3n) is 4.65. The highest BCUT2D eigenvalue weighted by molar-refractivity contribution is 5.94. The molecule has 0 unspecified atom stereocenters. The molecule has 2 N–H and O–H groups in total. The van der Waals surface area contributed by atoms with Crippen molar-refractivity contribution in [3.63, 3.8) is 0 Å². The van der Waals surface area contributed by atoms with Crippen molar-refractivity contribution < 1.29 is 18.0 Å². The Hall–Kier alpha value is -3.03. The first-order valence-electron chi connectivity index (χ1n) is 9.77. The van der Waals surface area contributed by atoms with Crippen molar-refractivity contribution in [2.75, 3.05) is 20.1 Å². The molecule has 0 bridgehead atoms. The number of rotatable bonds is 7. The summed E-state index contributed by atoms with van der Waals surface area (Å²) in [5.74, 6) is 0.466. The minimum atomic E-state index is -4.37. The summed E-state index contributed by atoms with van der Waals surface area (Å²) in [6.45, 7) is 5.87. The van der Waals surface area contributed by atoms with Crippen LogP contribution in [0.1, 0.15) is 40.9 Å². The summed E-state index contributed by atoms with van der Waals surface area (Å²) in [5, 5.41) is 6.12. The quantitative estimate of drug-likeness (QED) is 0.525. The smallest absolute Gasteiger partial charge is 0.352 e. The topological polar surface area (TPSA) is 56.7 Å². The number of halogens is 3. The van der Waals surface area contributed by atoms with E-state index in [1.54, 1.807) is 30.1 Å². The highest BCUT2D eigenvalue weighted by atomic mass is 19.4. The maximum Gasteiger partial charge on any atom is 0.416 e. The average Bonchev–Trinajstić information content (AvgIpc) is 2.74. The molecule has 0 spiro atoms. The molecule has 2 aromatic carbocycles. The molecule has 0 radical (unpaired) electrons. The average molecular weight is 420 g/mol. The predicted octanol–water partition coefficient (Wildman–Crippen LogP) is 4.05. The summed E-state index contributed by atoms with van der Waals surface area (Å²) in [6, 6.07) is 12.5. The molecular weight excluding hydrogens is 393 g/mol. The lowest BCUT2D eigenvalue weighted by atomic mass is 10.1. The van der Waals surface area contributed by atoms with Crippen LogP contribution in [-0.4, -0.2) is 36.9 Å². The van der Waals surface area contributed by atoms with Crippen LogP contribution in [-0.2, 0) is 19.3 Å². The molecule has 0 aliphatic carbocycles. The van der Waals surface area contributed by atoms with Crippen molar-refractivity contribution in [2.45, 2.75) is 33.1 Å². The summed E-state index contributed by atoms with van der Waals surface area (Å²) in [6.07, 6.45) is -4.37. The monoisotopic (exact) mass is 420 g/mol. The zero-order valence-electron chi connectivity index (χ0n) is 17.4. The molecule has 0 heterocycles. The van der Waals surface area contributed by atoms with Gasteiger partial charge in [-0.25, -0.2) is 0 Å². The highest BCUT2D eigenvalue weighted by Crippen LogP contribution is 2.29. The van der Waals surface area contributed by atoms with Gasteiger partial charge in [-0.05, 0) is 49.2 Å². The van der Waals surface area contributed by atoms with E-state index in [4.69, 9.17) is 0 Å². The second-order valence-electron chi connectivity index (χ2n) is 6.65. The second kappa shape index (κ2) is 10.7. The van der Waals surface area contributed by atoms with Gasteiger partial charge in [0.1, 0.15) is 0 Å². The first-order chi connectivity index (χ1) is 14.3. The summed E-state index contributed by atoms with van der Waals surface area (Å²) in [7, 11) is 1.59. The molecule has 2 rings (SSSR count). The molecule has 2 aromatic rings. The van der Waals surface area contributed by atoms with Crippen LogP contribution in [0.15, 0.2) is 53.5 Å². The van der Waals surface area contributed by atoms with Gasteiger partial charge in [0.05, 0.1) is 5.56 Å². The highest BCUT2D eigenvalue weighted by Gasteiger charge is 2.30. The summed E-state index contributed by atoms with van der Waals surface area (Å²) < 4.78 is 38.5. The number of hydrogen-bond donors (Lipinski definition) is 2. The Bertz CT molecular complexity index is 859. The third-order valence-corrected chi connectivity index (χ3v) is 4.65. The fourth-order valence-corrected chi connectivity index (χ4v) is 2.91. The van der Waals surface area contributed by atoms with Gasteiger partial charge in [-0.3, -0.25) is 9.79 Å². The van der Waals surface area contributed by atoms with Crippen LogP contribution in [0.3, 0.4) is 0 Å². The van der Waals surface area contributed by atoms with Crippen LogP contribution in [0.5, 0.6) is 0 Å². The first kappa shape index (κ1) is 23.3. The molecule has 0 saturated carbocycles. The predicted molar refractivity (Wildman–Crippen MR) is 112 cm³/mol. The molecule has 0 aliphatic rings. The van der Waals surface area contributed by atoms with E-state index in [0.29, 0.717) is 36.7 Å². The van der Waals surface area contributed by atoms with Gasteiger partial charge in [0.2, 0.25) is 0 Å². The van der Waals surface area contributed by atoms with Gasteiger partial charge in [-0.2, -0.15) is 13.2 Å². The fourth-order valence-electron chi connectivity index (χ4n) is 2.91. The van der Waals surface area contributed by atoms with E-state index >= 15 is 0 Å². The van der Waals surface area contributed by atoms with Crippen LogP contribution in [0.4, 0.5) is 13.2 Å². The van der Waals surface area contributed by atoms with E-state index in [2.05, 4.69) is 15.6 Å². The molecule has 0 aromatic heterocycles. The Kier molecular flexibility index (Phi) is 8.26. The number of alkyl halides is 3. The van der Waals surface area contributed by atoms with Crippen LogP contribution in [0.2, 0.25) is 0 Å². The maximum absolute atomic E-state index is 12.8. The summed E-state index contributed by atoms with van der Waals surface area (Å²) >= 11 is 0. The van der Waals surface area contributed by atoms with Crippen molar-refractivity contribution in [3.8, 4) is 0 Å². The Morgan fingerprint density at radius 3 is 2.10 bits per heavy atom. The van der Waals surface area contributed by atoms with Gasteiger partial charge in [-0.1, -0.05) is 24.3 Å². The van der Waals surface area contributed by atoms with Gasteiger partial charge < -0.3 is 15.5 Å². The standard InChI is InChI=1S/C22H27F3N4O/c1-4-29(5-2)20(30)18-11-9-16(10-12-18)14-27-21(26-3)28-15-17-7-6-8-19(13-17)22(23,24)25/h6-13H,4-5,14-15H2,1-3H3,(H2,26,27,28).